The first-order valence-corrected chi connectivity index (χ1v) is 7.99. The van der Waals surface area contributed by atoms with Gasteiger partial charge >= 0.3 is 5.97 Å². The van der Waals surface area contributed by atoms with Crippen LogP contribution in [0.4, 0.5) is 0 Å². The van der Waals surface area contributed by atoms with E-state index in [2.05, 4.69) is 15.0 Å². The van der Waals surface area contributed by atoms with Gasteiger partial charge in [-0.2, -0.15) is 0 Å². The third-order valence-electron chi connectivity index (χ3n) is 3.30. The van der Waals surface area contributed by atoms with E-state index < -0.39 is 0 Å². The molecule has 0 aliphatic heterocycles. The molecule has 110 valence electrons. The molecule has 0 bridgehead atoms. The van der Waals surface area contributed by atoms with E-state index in [-0.39, 0.29) is 5.97 Å². The van der Waals surface area contributed by atoms with Crippen LogP contribution in [0.25, 0.3) is 0 Å². The van der Waals surface area contributed by atoms with Gasteiger partial charge < -0.3 is 4.74 Å². The maximum Gasteiger partial charge on any atom is 0.341 e. The standard InChI is InChI=1S/C15H17N3O2S/c1-3-20-15(19)11-7-16-12(18-14(11)10-4-5-10)6-13-17-9(2)8-21-13/h7-8,10H,3-6H2,1-2H3. The van der Waals surface area contributed by atoms with Crippen LogP contribution in [0.5, 0.6) is 0 Å². The van der Waals surface area contributed by atoms with Crippen molar-refractivity contribution in [2.24, 2.45) is 0 Å². The quantitative estimate of drug-likeness (QED) is 0.795. The normalized spacial score (nSPS) is 14.2. The molecule has 0 N–H and O–H groups in total. The Hall–Kier alpha value is -1.82. The molecule has 0 amide bonds. The molecule has 2 heterocycles. The second kappa shape index (κ2) is 5.89. The number of hydrogen-bond acceptors (Lipinski definition) is 6. The number of thiazole rings is 1. The van der Waals surface area contributed by atoms with Crippen molar-refractivity contribution in [2.75, 3.05) is 6.61 Å². The SMILES string of the molecule is CCOC(=O)c1cnc(Cc2nc(C)cs2)nc1C1CC1. The number of esters is 1. The zero-order valence-electron chi connectivity index (χ0n) is 12.1. The third kappa shape index (κ3) is 3.26. The molecule has 0 atom stereocenters. The van der Waals surface area contributed by atoms with E-state index in [4.69, 9.17) is 4.74 Å². The molecule has 0 radical (unpaired) electrons. The van der Waals surface area contributed by atoms with Crippen LogP contribution in [0.2, 0.25) is 0 Å². The van der Waals surface area contributed by atoms with Crippen molar-refractivity contribution in [1.29, 1.82) is 0 Å². The first-order chi connectivity index (χ1) is 10.2. The van der Waals surface area contributed by atoms with E-state index in [0.717, 1.165) is 35.1 Å². The molecule has 1 saturated carbocycles. The summed E-state index contributed by atoms with van der Waals surface area (Å²) in [4.78, 5) is 25.3. The highest BCUT2D eigenvalue weighted by atomic mass is 32.1. The van der Waals surface area contributed by atoms with Gasteiger partial charge in [0.1, 0.15) is 10.8 Å². The van der Waals surface area contributed by atoms with Crippen LogP contribution < -0.4 is 0 Å². The van der Waals surface area contributed by atoms with E-state index in [1.807, 2.05) is 12.3 Å². The van der Waals surface area contributed by atoms with Crippen LogP contribution in [0.3, 0.4) is 0 Å². The summed E-state index contributed by atoms with van der Waals surface area (Å²) in [6.07, 6.45) is 4.38. The fourth-order valence-electron chi connectivity index (χ4n) is 2.17. The first kappa shape index (κ1) is 14.1. The van der Waals surface area contributed by atoms with Crippen LogP contribution >= 0.6 is 11.3 Å². The highest BCUT2D eigenvalue weighted by Crippen LogP contribution is 2.40. The van der Waals surface area contributed by atoms with E-state index in [0.29, 0.717) is 24.5 Å². The molecule has 0 saturated heterocycles. The van der Waals surface area contributed by atoms with Gasteiger partial charge in [0.25, 0.3) is 0 Å². The number of hydrogen-bond donors (Lipinski definition) is 0. The Kier molecular flexibility index (Phi) is 3.96. The van der Waals surface area contributed by atoms with Gasteiger partial charge in [0.15, 0.2) is 0 Å². The van der Waals surface area contributed by atoms with Crippen molar-refractivity contribution in [1.82, 2.24) is 15.0 Å². The summed E-state index contributed by atoms with van der Waals surface area (Å²) in [5.74, 6) is 0.777. The smallest absolute Gasteiger partial charge is 0.341 e. The zero-order valence-corrected chi connectivity index (χ0v) is 12.9. The molecule has 6 heteroatoms. The summed E-state index contributed by atoms with van der Waals surface area (Å²) in [6.45, 7) is 4.14. The molecule has 1 aliphatic carbocycles. The fraction of sp³-hybridized carbons (Fsp3) is 0.467. The van der Waals surface area contributed by atoms with Crippen molar-refractivity contribution in [3.63, 3.8) is 0 Å². The third-order valence-corrected chi connectivity index (χ3v) is 4.27. The minimum Gasteiger partial charge on any atom is -0.462 e. The van der Waals surface area contributed by atoms with Gasteiger partial charge in [-0.1, -0.05) is 0 Å². The van der Waals surface area contributed by atoms with Gasteiger partial charge in [-0.05, 0) is 26.7 Å². The number of carbonyl (C=O) groups is 1. The first-order valence-electron chi connectivity index (χ1n) is 7.11. The molecule has 2 aromatic rings. The molecule has 0 unspecified atom stereocenters. The van der Waals surface area contributed by atoms with E-state index in [1.54, 1.807) is 24.5 Å². The van der Waals surface area contributed by atoms with Gasteiger partial charge in [-0.15, -0.1) is 11.3 Å². The summed E-state index contributed by atoms with van der Waals surface area (Å²) < 4.78 is 5.08. The Morgan fingerprint density at radius 2 is 2.24 bits per heavy atom. The average Bonchev–Trinajstić information content (AvgIpc) is 3.23. The largest absolute Gasteiger partial charge is 0.462 e. The van der Waals surface area contributed by atoms with Crippen molar-refractivity contribution >= 4 is 17.3 Å². The second-order valence-corrected chi connectivity index (χ2v) is 6.08. The Morgan fingerprint density at radius 1 is 1.43 bits per heavy atom. The van der Waals surface area contributed by atoms with Crippen LogP contribution in [-0.2, 0) is 11.2 Å². The van der Waals surface area contributed by atoms with Crippen molar-refractivity contribution < 1.29 is 9.53 Å². The lowest BCUT2D eigenvalue weighted by molar-refractivity contribution is 0.0524. The van der Waals surface area contributed by atoms with Crippen LogP contribution in [-0.4, -0.2) is 27.5 Å². The molecule has 5 nitrogen and oxygen atoms in total. The molecule has 3 rings (SSSR count). The molecular weight excluding hydrogens is 286 g/mol. The Balaban J connectivity index is 1.86. The van der Waals surface area contributed by atoms with Crippen molar-refractivity contribution in [3.05, 3.63) is 39.4 Å². The van der Waals surface area contributed by atoms with Crippen molar-refractivity contribution in [3.8, 4) is 0 Å². The minimum absolute atomic E-state index is 0.323. The predicted molar refractivity (Wildman–Crippen MR) is 79.6 cm³/mol. The van der Waals surface area contributed by atoms with Gasteiger partial charge in [-0.3, -0.25) is 0 Å². The van der Waals surface area contributed by atoms with E-state index in [1.165, 1.54) is 0 Å². The molecule has 0 aromatic carbocycles. The lowest BCUT2D eigenvalue weighted by atomic mass is 10.1. The van der Waals surface area contributed by atoms with Gasteiger partial charge in [0.2, 0.25) is 0 Å². The number of aromatic nitrogens is 3. The van der Waals surface area contributed by atoms with Crippen LogP contribution in [0, 0.1) is 6.92 Å². The van der Waals surface area contributed by atoms with Crippen molar-refractivity contribution in [2.45, 2.75) is 39.0 Å². The maximum atomic E-state index is 12.0. The minimum atomic E-state index is -0.323. The van der Waals surface area contributed by atoms with E-state index in [9.17, 15) is 4.79 Å². The van der Waals surface area contributed by atoms with Crippen LogP contribution in [0.1, 0.15) is 58.3 Å². The molecule has 21 heavy (non-hydrogen) atoms. The van der Waals surface area contributed by atoms with Gasteiger partial charge in [0.05, 0.1) is 24.3 Å². The number of carbonyl (C=O) groups excluding carboxylic acids is 1. The highest BCUT2D eigenvalue weighted by molar-refractivity contribution is 7.09. The second-order valence-electron chi connectivity index (χ2n) is 5.14. The number of nitrogens with zero attached hydrogens (tertiary/aromatic N) is 3. The molecule has 0 spiro atoms. The number of rotatable bonds is 5. The monoisotopic (exact) mass is 303 g/mol. The maximum absolute atomic E-state index is 12.0. The molecular formula is C15H17N3O2S. The van der Waals surface area contributed by atoms with E-state index >= 15 is 0 Å². The molecule has 2 aromatic heterocycles. The summed E-state index contributed by atoms with van der Waals surface area (Å²) in [5, 5.41) is 3.02. The topological polar surface area (TPSA) is 65.0 Å². The summed E-state index contributed by atoms with van der Waals surface area (Å²) in [5.41, 5.74) is 2.37. The summed E-state index contributed by atoms with van der Waals surface area (Å²) >= 11 is 1.61. The number of aryl methyl sites for hydroxylation is 1. The lowest BCUT2D eigenvalue weighted by Gasteiger charge is -2.08. The van der Waals surface area contributed by atoms with Crippen LogP contribution in [0.15, 0.2) is 11.6 Å². The summed E-state index contributed by atoms with van der Waals surface area (Å²) in [7, 11) is 0. The average molecular weight is 303 g/mol. The Labute approximate surface area is 127 Å². The van der Waals surface area contributed by atoms with Gasteiger partial charge in [-0.25, -0.2) is 19.7 Å². The van der Waals surface area contributed by atoms with Gasteiger partial charge in [0, 0.05) is 23.2 Å². The molecule has 1 aliphatic rings. The molecule has 1 fully saturated rings. The Morgan fingerprint density at radius 3 is 2.86 bits per heavy atom. The lowest BCUT2D eigenvalue weighted by Crippen LogP contribution is -2.12. The zero-order chi connectivity index (χ0) is 14.8. The highest BCUT2D eigenvalue weighted by Gasteiger charge is 2.31. The fourth-order valence-corrected chi connectivity index (χ4v) is 2.94. The Bertz CT molecular complexity index is 665. The number of ether oxygens (including phenoxy) is 1. The predicted octanol–water partition coefficient (Wildman–Crippen LogP) is 2.89. The summed E-state index contributed by atoms with van der Waals surface area (Å²) in [6, 6.07) is 0.